The lowest BCUT2D eigenvalue weighted by molar-refractivity contribution is 0.325. The average molecular weight is 237 g/mol. The summed E-state index contributed by atoms with van der Waals surface area (Å²) < 4.78 is 5.40. The highest BCUT2D eigenvalue weighted by molar-refractivity contribution is 5.39. The number of aryl methyl sites for hydroxylation is 1. The number of aromatic nitrogens is 2. The quantitative estimate of drug-likeness (QED) is 0.826. The Hall–Kier alpha value is -1.32. The molecular formula is C13H23N3O. The van der Waals surface area contributed by atoms with Gasteiger partial charge in [-0.3, -0.25) is 0 Å². The van der Waals surface area contributed by atoms with Crippen LogP contribution in [0.2, 0.25) is 0 Å². The Balaban J connectivity index is 2.69. The van der Waals surface area contributed by atoms with E-state index >= 15 is 0 Å². The number of ether oxygens (including phenoxy) is 1. The van der Waals surface area contributed by atoms with Crippen LogP contribution in [0.1, 0.15) is 39.9 Å². The maximum atomic E-state index is 5.40. The van der Waals surface area contributed by atoms with Gasteiger partial charge in [-0.05, 0) is 33.1 Å². The number of hydrogen-bond donors (Lipinski definition) is 1. The third-order valence-electron chi connectivity index (χ3n) is 2.33. The molecule has 0 saturated carbocycles. The molecule has 0 aliphatic rings. The van der Waals surface area contributed by atoms with Gasteiger partial charge in [-0.1, -0.05) is 13.8 Å². The molecule has 0 bridgehead atoms. The Kier molecular flexibility index (Phi) is 5.19. The molecule has 0 radical (unpaired) electrons. The first kappa shape index (κ1) is 13.7. The van der Waals surface area contributed by atoms with Crippen molar-refractivity contribution in [3.8, 4) is 5.88 Å². The van der Waals surface area contributed by atoms with Gasteiger partial charge in [0.15, 0.2) is 0 Å². The minimum atomic E-state index is 0.402. The smallest absolute Gasteiger partial charge is 0.218 e. The Bertz CT molecular complexity index is 353. The second-order valence-electron chi connectivity index (χ2n) is 4.75. The maximum absolute atomic E-state index is 5.40. The van der Waals surface area contributed by atoms with Gasteiger partial charge in [0.25, 0.3) is 0 Å². The van der Waals surface area contributed by atoms with Crippen molar-refractivity contribution in [2.45, 2.75) is 47.1 Å². The molecule has 0 saturated heterocycles. The summed E-state index contributed by atoms with van der Waals surface area (Å²) in [7, 11) is 0. The number of hydrogen-bond acceptors (Lipinski definition) is 4. The molecule has 96 valence electrons. The Labute approximate surface area is 104 Å². The second-order valence-corrected chi connectivity index (χ2v) is 4.75. The van der Waals surface area contributed by atoms with E-state index in [-0.39, 0.29) is 0 Å². The summed E-state index contributed by atoms with van der Waals surface area (Å²) in [5, 5.41) is 3.38. The summed E-state index contributed by atoms with van der Waals surface area (Å²) in [6.45, 7) is 11.0. The van der Waals surface area contributed by atoms with Crippen LogP contribution in [0.25, 0.3) is 0 Å². The molecule has 0 aliphatic heterocycles. The lowest BCUT2D eigenvalue weighted by Gasteiger charge is -2.17. The molecule has 1 atom stereocenters. The standard InChI is InChI=1S/C13H23N3O/c1-6-17-13-8-12(15-11(5)16-13)14-10(4)7-9(2)3/h8-10H,6-7H2,1-5H3,(H,14,15,16). The zero-order valence-corrected chi connectivity index (χ0v) is 11.4. The van der Waals surface area contributed by atoms with Gasteiger partial charge in [-0.15, -0.1) is 0 Å². The third-order valence-corrected chi connectivity index (χ3v) is 2.33. The largest absolute Gasteiger partial charge is 0.478 e. The lowest BCUT2D eigenvalue weighted by atomic mass is 10.1. The number of rotatable bonds is 6. The fraction of sp³-hybridized carbons (Fsp3) is 0.692. The Morgan fingerprint density at radius 3 is 2.59 bits per heavy atom. The van der Waals surface area contributed by atoms with Crippen LogP contribution in [0.3, 0.4) is 0 Å². The van der Waals surface area contributed by atoms with Crippen molar-refractivity contribution in [3.63, 3.8) is 0 Å². The van der Waals surface area contributed by atoms with Crippen molar-refractivity contribution < 1.29 is 4.74 Å². The van der Waals surface area contributed by atoms with E-state index in [2.05, 4.69) is 36.1 Å². The summed E-state index contributed by atoms with van der Waals surface area (Å²) in [5.74, 6) is 2.88. The number of nitrogens with one attached hydrogen (secondary N) is 1. The van der Waals surface area contributed by atoms with Crippen molar-refractivity contribution in [1.82, 2.24) is 9.97 Å². The van der Waals surface area contributed by atoms with Crippen LogP contribution in [0.15, 0.2) is 6.07 Å². The highest BCUT2D eigenvalue weighted by Gasteiger charge is 2.08. The summed E-state index contributed by atoms with van der Waals surface area (Å²) in [4.78, 5) is 8.58. The predicted molar refractivity (Wildman–Crippen MR) is 70.5 cm³/mol. The van der Waals surface area contributed by atoms with Gasteiger partial charge >= 0.3 is 0 Å². The predicted octanol–water partition coefficient (Wildman–Crippen LogP) is 3.03. The van der Waals surface area contributed by atoms with E-state index in [0.29, 0.717) is 24.4 Å². The molecule has 1 aromatic rings. The van der Waals surface area contributed by atoms with Crippen LogP contribution in [0, 0.1) is 12.8 Å². The molecule has 4 nitrogen and oxygen atoms in total. The maximum Gasteiger partial charge on any atom is 0.218 e. The van der Waals surface area contributed by atoms with Gasteiger partial charge < -0.3 is 10.1 Å². The van der Waals surface area contributed by atoms with Gasteiger partial charge in [0.1, 0.15) is 11.6 Å². The molecule has 0 fully saturated rings. The van der Waals surface area contributed by atoms with Crippen LogP contribution < -0.4 is 10.1 Å². The van der Waals surface area contributed by atoms with E-state index in [0.717, 1.165) is 18.1 Å². The zero-order valence-electron chi connectivity index (χ0n) is 11.4. The monoisotopic (exact) mass is 237 g/mol. The SMILES string of the molecule is CCOc1cc(NC(C)CC(C)C)nc(C)n1. The molecule has 0 aromatic carbocycles. The summed E-state index contributed by atoms with van der Waals surface area (Å²) in [6.07, 6.45) is 1.12. The first-order valence-corrected chi connectivity index (χ1v) is 6.26. The molecular weight excluding hydrogens is 214 g/mol. The van der Waals surface area contributed by atoms with E-state index in [1.807, 2.05) is 19.9 Å². The molecule has 0 spiro atoms. The van der Waals surface area contributed by atoms with Crippen LogP contribution in [0.5, 0.6) is 5.88 Å². The first-order chi connectivity index (χ1) is 8.01. The van der Waals surface area contributed by atoms with Gasteiger partial charge in [-0.2, -0.15) is 4.98 Å². The molecule has 1 unspecified atom stereocenters. The average Bonchev–Trinajstić information content (AvgIpc) is 2.14. The minimum absolute atomic E-state index is 0.402. The molecule has 0 aliphatic carbocycles. The van der Waals surface area contributed by atoms with E-state index in [9.17, 15) is 0 Å². The van der Waals surface area contributed by atoms with E-state index in [4.69, 9.17) is 4.74 Å². The summed E-state index contributed by atoms with van der Waals surface area (Å²) in [6, 6.07) is 2.26. The number of nitrogens with zero attached hydrogens (tertiary/aromatic N) is 2. The lowest BCUT2D eigenvalue weighted by Crippen LogP contribution is -2.18. The van der Waals surface area contributed by atoms with Crippen molar-refractivity contribution in [3.05, 3.63) is 11.9 Å². The highest BCUT2D eigenvalue weighted by Crippen LogP contribution is 2.16. The summed E-state index contributed by atoms with van der Waals surface area (Å²) >= 11 is 0. The number of anilines is 1. The van der Waals surface area contributed by atoms with Crippen molar-refractivity contribution in [2.24, 2.45) is 5.92 Å². The van der Waals surface area contributed by atoms with Crippen molar-refractivity contribution >= 4 is 5.82 Å². The third kappa shape index (κ3) is 5.02. The highest BCUT2D eigenvalue weighted by atomic mass is 16.5. The fourth-order valence-corrected chi connectivity index (χ4v) is 1.85. The van der Waals surface area contributed by atoms with E-state index in [1.54, 1.807) is 0 Å². The molecule has 17 heavy (non-hydrogen) atoms. The molecule has 1 rings (SSSR count). The van der Waals surface area contributed by atoms with Crippen LogP contribution in [-0.4, -0.2) is 22.6 Å². The van der Waals surface area contributed by atoms with Crippen LogP contribution in [0.4, 0.5) is 5.82 Å². The first-order valence-electron chi connectivity index (χ1n) is 6.26. The second kappa shape index (κ2) is 6.42. The Morgan fingerprint density at radius 2 is 2.00 bits per heavy atom. The van der Waals surface area contributed by atoms with Crippen LogP contribution in [-0.2, 0) is 0 Å². The van der Waals surface area contributed by atoms with Gasteiger partial charge in [-0.25, -0.2) is 4.98 Å². The zero-order chi connectivity index (χ0) is 12.8. The van der Waals surface area contributed by atoms with Gasteiger partial charge in [0.05, 0.1) is 6.61 Å². The van der Waals surface area contributed by atoms with Crippen molar-refractivity contribution in [2.75, 3.05) is 11.9 Å². The summed E-state index contributed by atoms with van der Waals surface area (Å²) in [5.41, 5.74) is 0. The van der Waals surface area contributed by atoms with Crippen LogP contribution >= 0.6 is 0 Å². The molecule has 1 aromatic heterocycles. The minimum Gasteiger partial charge on any atom is -0.478 e. The van der Waals surface area contributed by atoms with Gasteiger partial charge in [0, 0.05) is 12.1 Å². The molecule has 4 heteroatoms. The molecule has 1 heterocycles. The van der Waals surface area contributed by atoms with E-state index < -0.39 is 0 Å². The molecule has 0 amide bonds. The Morgan fingerprint density at radius 1 is 1.29 bits per heavy atom. The van der Waals surface area contributed by atoms with Gasteiger partial charge in [0.2, 0.25) is 5.88 Å². The topological polar surface area (TPSA) is 47.0 Å². The van der Waals surface area contributed by atoms with E-state index in [1.165, 1.54) is 0 Å². The molecule has 1 N–H and O–H groups in total. The van der Waals surface area contributed by atoms with Crippen molar-refractivity contribution in [1.29, 1.82) is 0 Å². The normalized spacial score (nSPS) is 12.6. The fourth-order valence-electron chi connectivity index (χ4n) is 1.85.